The van der Waals surface area contributed by atoms with Crippen molar-refractivity contribution in [2.45, 2.75) is 31.6 Å². The quantitative estimate of drug-likeness (QED) is 0.755. The van der Waals surface area contributed by atoms with Crippen molar-refractivity contribution in [2.75, 3.05) is 0 Å². The lowest BCUT2D eigenvalue weighted by Gasteiger charge is -2.01. The summed E-state index contributed by atoms with van der Waals surface area (Å²) in [6.07, 6.45) is 4.96. The molecule has 3 nitrogen and oxygen atoms in total. The zero-order valence-electron chi connectivity index (χ0n) is 10.9. The van der Waals surface area contributed by atoms with E-state index < -0.39 is 0 Å². The fourth-order valence-corrected chi connectivity index (χ4v) is 3.90. The molecule has 5 heteroatoms. The maximum absolute atomic E-state index is 13.2. The highest BCUT2D eigenvalue weighted by atomic mass is 32.1. The molecule has 0 unspecified atom stereocenters. The van der Waals surface area contributed by atoms with E-state index >= 15 is 0 Å². The van der Waals surface area contributed by atoms with Gasteiger partial charge in [0.25, 0.3) is 0 Å². The van der Waals surface area contributed by atoms with E-state index in [2.05, 4.69) is 15.2 Å². The first-order chi connectivity index (χ1) is 9.79. The number of hydrogen-bond acceptors (Lipinski definition) is 3. The Labute approximate surface area is 119 Å². The smallest absolute Gasteiger partial charge is 0.191 e. The fourth-order valence-electron chi connectivity index (χ4n) is 2.88. The van der Waals surface area contributed by atoms with Crippen LogP contribution in [0.5, 0.6) is 0 Å². The zero-order chi connectivity index (χ0) is 13.5. The molecule has 3 aromatic rings. The molecule has 0 amide bonds. The number of fused-ring (bicyclic) bond motifs is 1. The molecular weight excluding hydrogens is 273 g/mol. The maximum atomic E-state index is 13.2. The number of aromatic amines is 1. The van der Waals surface area contributed by atoms with E-state index in [0.717, 1.165) is 26.6 Å². The summed E-state index contributed by atoms with van der Waals surface area (Å²) in [7, 11) is 0. The van der Waals surface area contributed by atoms with Gasteiger partial charge in [-0.3, -0.25) is 5.10 Å². The number of benzene rings is 1. The number of hydrogen-bond donors (Lipinski definition) is 1. The Kier molecular flexibility index (Phi) is 2.80. The highest BCUT2D eigenvalue weighted by molar-refractivity contribution is 7.22. The minimum atomic E-state index is -0.201. The molecule has 0 bridgehead atoms. The average Bonchev–Trinajstić information content (AvgIpc) is 3.17. The second-order valence-corrected chi connectivity index (χ2v) is 6.40. The summed E-state index contributed by atoms with van der Waals surface area (Å²) in [5, 5.41) is 8.44. The highest BCUT2D eigenvalue weighted by Crippen LogP contribution is 2.35. The number of halogens is 1. The van der Waals surface area contributed by atoms with Crippen LogP contribution >= 0.6 is 11.3 Å². The van der Waals surface area contributed by atoms with E-state index in [4.69, 9.17) is 0 Å². The molecule has 4 rings (SSSR count). The molecular formula is C15H14FN3S. The maximum Gasteiger partial charge on any atom is 0.191 e. The lowest BCUT2D eigenvalue weighted by Crippen LogP contribution is -1.94. The van der Waals surface area contributed by atoms with Crippen LogP contribution in [0.2, 0.25) is 0 Å². The van der Waals surface area contributed by atoms with Crippen molar-refractivity contribution in [1.29, 1.82) is 0 Å². The van der Waals surface area contributed by atoms with Gasteiger partial charge in [-0.1, -0.05) is 18.9 Å². The first-order valence-electron chi connectivity index (χ1n) is 6.91. The van der Waals surface area contributed by atoms with Gasteiger partial charge in [-0.2, -0.15) is 5.10 Å². The predicted octanol–water partition coefficient (Wildman–Crippen LogP) is 4.48. The third-order valence-corrected chi connectivity index (χ3v) is 5.04. The summed E-state index contributed by atoms with van der Waals surface area (Å²) in [5.74, 6) is 2.06. The van der Waals surface area contributed by atoms with Crippen molar-refractivity contribution in [1.82, 2.24) is 15.2 Å². The van der Waals surface area contributed by atoms with Crippen molar-refractivity contribution < 1.29 is 4.39 Å². The molecule has 0 atom stereocenters. The van der Waals surface area contributed by atoms with E-state index in [9.17, 15) is 4.39 Å². The second kappa shape index (κ2) is 4.66. The van der Waals surface area contributed by atoms with Gasteiger partial charge in [-0.05, 0) is 36.4 Å². The van der Waals surface area contributed by atoms with Crippen LogP contribution in [0.25, 0.3) is 20.8 Å². The molecule has 1 N–H and O–H groups in total. The summed E-state index contributed by atoms with van der Waals surface area (Å²) in [6.45, 7) is 0. The number of nitrogens with zero attached hydrogens (tertiary/aromatic N) is 2. The Hall–Kier alpha value is -1.75. The summed E-state index contributed by atoms with van der Waals surface area (Å²) in [4.78, 5) is 5.62. The largest absolute Gasteiger partial charge is 0.262 e. The summed E-state index contributed by atoms with van der Waals surface area (Å²) < 4.78 is 14.2. The Bertz CT molecular complexity index is 755. The monoisotopic (exact) mass is 287 g/mol. The van der Waals surface area contributed by atoms with Crippen molar-refractivity contribution in [2.24, 2.45) is 0 Å². The Morgan fingerprint density at radius 1 is 1.20 bits per heavy atom. The van der Waals surface area contributed by atoms with E-state index in [1.54, 1.807) is 12.1 Å². The van der Waals surface area contributed by atoms with E-state index in [-0.39, 0.29) is 5.82 Å². The first-order valence-corrected chi connectivity index (χ1v) is 7.73. The van der Waals surface area contributed by atoms with Crippen molar-refractivity contribution >= 4 is 21.4 Å². The van der Waals surface area contributed by atoms with Crippen LogP contribution in [0, 0.1) is 5.82 Å². The van der Waals surface area contributed by atoms with Crippen LogP contribution in [-0.4, -0.2) is 15.2 Å². The Balaban J connectivity index is 1.71. The SMILES string of the molecule is Fc1ccc2cc(-c3n[nH]c(C4CCCC4)n3)sc2c1. The third-order valence-electron chi connectivity index (χ3n) is 3.95. The standard InChI is InChI=1S/C15H14FN3S/c16-11-6-5-10-7-13(20-12(10)8-11)15-17-14(18-19-15)9-3-1-2-4-9/h5-9H,1-4H2,(H,17,18,19). The molecule has 2 heterocycles. The van der Waals surface area contributed by atoms with Crippen LogP contribution in [0.15, 0.2) is 24.3 Å². The number of aromatic nitrogens is 3. The normalized spacial score (nSPS) is 16.2. The first kappa shape index (κ1) is 12.0. The van der Waals surface area contributed by atoms with Crippen LogP contribution in [0.4, 0.5) is 4.39 Å². The minimum absolute atomic E-state index is 0.201. The molecule has 1 saturated carbocycles. The summed E-state index contributed by atoms with van der Waals surface area (Å²) in [6, 6.07) is 6.88. The molecule has 0 saturated heterocycles. The van der Waals surface area contributed by atoms with E-state index in [1.807, 2.05) is 6.07 Å². The van der Waals surface area contributed by atoms with Crippen molar-refractivity contribution in [3.05, 3.63) is 35.9 Å². The molecule has 1 aliphatic rings. The Morgan fingerprint density at radius 3 is 2.90 bits per heavy atom. The van der Waals surface area contributed by atoms with Crippen molar-refractivity contribution in [3.63, 3.8) is 0 Å². The van der Waals surface area contributed by atoms with Crippen LogP contribution in [0.1, 0.15) is 37.4 Å². The Morgan fingerprint density at radius 2 is 2.05 bits per heavy atom. The highest BCUT2D eigenvalue weighted by Gasteiger charge is 2.21. The minimum Gasteiger partial charge on any atom is -0.262 e. The molecule has 0 radical (unpaired) electrons. The molecule has 2 aromatic heterocycles. The summed E-state index contributed by atoms with van der Waals surface area (Å²) >= 11 is 1.54. The van der Waals surface area contributed by atoms with Crippen LogP contribution < -0.4 is 0 Å². The lowest BCUT2D eigenvalue weighted by atomic mass is 10.1. The molecule has 1 fully saturated rings. The zero-order valence-corrected chi connectivity index (χ0v) is 11.7. The van der Waals surface area contributed by atoms with Gasteiger partial charge in [0, 0.05) is 10.6 Å². The molecule has 1 aromatic carbocycles. The van der Waals surface area contributed by atoms with Gasteiger partial charge in [0.05, 0.1) is 4.88 Å². The summed E-state index contributed by atoms with van der Waals surface area (Å²) in [5.41, 5.74) is 0. The van der Waals surface area contributed by atoms with Gasteiger partial charge >= 0.3 is 0 Å². The average molecular weight is 287 g/mol. The van der Waals surface area contributed by atoms with Gasteiger partial charge in [-0.15, -0.1) is 11.3 Å². The van der Waals surface area contributed by atoms with Gasteiger partial charge in [0.1, 0.15) is 11.6 Å². The predicted molar refractivity (Wildman–Crippen MR) is 78.4 cm³/mol. The molecule has 1 aliphatic carbocycles. The van der Waals surface area contributed by atoms with Crippen LogP contribution in [0.3, 0.4) is 0 Å². The van der Waals surface area contributed by atoms with Crippen LogP contribution in [-0.2, 0) is 0 Å². The number of thiophene rings is 1. The number of H-pyrrole nitrogens is 1. The topological polar surface area (TPSA) is 41.6 Å². The molecule has 102 valence electrons. The van der Waals surface area contributed by atoms with Gasteiger partial charge in [0.2, 0.25) is 0 Å². The third kappa shape index (κ3) is 2.02. The molecule has 0 spiro atoms. The number of rotatable bonds is 2. The van der Waals surface area contributed by atoms with Gasteiger partial charge < -0.3 is 0 Å². The lowest BCUT2D eigenvalue weighted by molar-refractivity contribution is 0.630. The van der Waals surface area contributed by atoms with E-state index in [0.29, 0.717) is 5.92 Å². The second-order valence-electron chi connectivity index (χ2n) is 5.32. The van der Waals surface area contributed by atoms with Crippen molar-refractivity contribution in [3.8, 4) is 10.7 Å². The van der Waals surface area contributed by atoms with E-state index in [1.165, 1.54) is 43.1 Å². The van der Waals surface area contributed by atoms with Gasteiger partial charge in [-0.25, -0.2) is 9.37 Å². The fraction of sp³-hybridized carbons (Fsp3) is 0.333. The number of nitrogens with one attached hydrogen (secondary N) is 1. The van der Waals surface area contributed by atoms with Gasteiger partial charge in [0.15, 0.2) is 5.82 Å². The molecule has 20 heavy (non-hydrogen) atoms. The molecule has 0 aliphatic heterocycles.